The third-order valence-electron chi connectivity index (χ3n) is 5.31. The van der Waals surface area contributed by atoms with Crippen molar-refractivity contribution in [1.29, 1.82) is 5.26 Å². The van der Waals surface area contributed by atoms with E-state index in [1.165, 1.54) is 5.56 Å². The first-order chi connectivity index (χ1) is 14.5. The molecule has 0 fully saturated rings. The van der Waals surface area contributed by atoms with Crippen molar-refractivity contribution in [2.45, 2.75) is 20.8 Å². The van der Waals surface area contributed by atoms with Gasteiger partial charge < -0.3 is 4.57 Å². The second kappa shape index (κ2) is 6.78. The molecule has 0 aliphatic carbocycles. The van der Waals surface area contributed by atoms with Crippen LogP contribution in [0.1, 0.15) is 22.8 Å². The summed E-state index contributed by atoms with van der Waals surface area (Å²) in [5, 5.41) is 12.2. The fourth-order valence-electron chi connectivity index (χ4n) is 4.04. The summed E-state index contributed by atoms with van der Waals surface area (Å²) in [6.07, 6.45) is 0. The second-order valence-electron chi connectivity index (χ2n) is 7.47. The largest absolute Gasteiger partial charge is 0.308 e. The van der Waals surface area contributed by atoms with E-state index in [1.807, 2.05) is 44.2 Å². The number of rotatable bonds is 2. The van der Waals surface area contributed by atoms with Gasteiger partial charge in [-0.1, -0.05) is 30.3 Å². The molecular weight excluding hydrogens is 370 g/mol. The number of nitriles is 1. The van der Waals surface area contributed by atoms with Crippen LogP contribution < -0.4 is 0 Å². The van der Waals surface area contributed by atoms with Gasteiger partial charge in [-0.3, -0.25) is 0 Å². The average molecular weight is 389 g/mol. The summed E-state index contributed by atoms with van der Waals surface area (Å²) in [7, 11) is 0. The highest BCUT2D eigenvalue weighted by Crippen LogP contribution is 2.34. The molecule has 5 aromatic rings. The highest BCUT2D eigenvalue weighted by molar-refractivity contribution is 6.09. The number of nitrogens with zero attached hydrogens (tertiary/aromatic N) is 5. The van der Waals surface area contributed by atoms with Crippen molar-refractivity contribution < 1.29 is 0 Å². The molecule has 0 aliphatic heterocycles. The van der Waals surface area contributed by atoms with Crippen molar-refractivity contribution in [2.24, 2.45) is 0 Å². The Morgan fingerprint density at radius 3 is 2.27 bits per heavy atom. The first-order valence-corrected chi connectivity index (χ1v) is 9.79. The lowest BCUT2D eigenvalue weighted by molar-refractivity contribution is 0.928. The van der Waals surface area contributed by atoms with E-state index >= 15 is 0 Å². The smallest absolute Gasteiger partial charge is 0.163 e. The van der Waals surface area contributed by atoms with E-state index in [0.29, 0.717) is 23.0 Å². The molecule has 3 aromatic carbocycles. The molecule has 0 aliphatic rings. The van der Waals surface area contributed by atoms with Crippen LogP contribution in [0.2, 0.25) is 0 Å². The molecule has 5 heteroatoms. The molecule has 0 bridgehead atoms. The molecule has 30 heavy (non-hydrogen) atoms. The molecule has 2 aromatic heterocycles. The number of aromatic nitrogens is 4. The van der Waals surface area contributed by atoms with E-state index in [-0.39, 0.29) is 0 Å². The molecule has 0 saturated carbocycles. The number of fused-ring (bicyclic) bond motifs is 3. The predicted octanol–water partition coefficient (Wildman–Crippen LogP) is 5.43. The van der Waals surface area contributed by atoms with Gasteiger partial charge in [0.05, 0.1) is 22.3 Å². The number of benzene rings is 3. The minimum Gasteiger partial charge on any atom is -0.308 e. The molecule has 144 valence electrons. The molecule has 0 unspecified atom stereocenters. The zero-order valence-electron chi connectivity index (χ0n) is 17.0. The van der Waals surface area contributed by atoms with Crippen LogP contribution >= 0.6 is 0 Å². The van der Waals surface area contributed by atoms with Gasteiger partial charge in [-0.15, -0.1) is 0 Å². The van der Waals surface area contributed by atoms with Crippen molar-refractivity contribution in [3.63, 3.8) is 0 Å². The van der Waals surface area contributed by atoms with E-state index < -0.39 is 0 Å². The highest BCUT2D eigenvalue weighted by Gasteiger charge is 2.16. The van der Waals surface area contributed by atoms with Crippen LogP contribution in [0, 0.1) is 32.1 Å². The fourth-order valence-corrected chi connectivity index (χ4v) is 4.04. The third kappa shape index (κ3) is 2.82. The predicted molar refractivity (Wildman–Crippen MR) is 119 cm³/mol. The molecule has 0 spiro atoms. The summed E-state index contributed by atoms with van der Waals surface area (Å²) < 4.78 is 2.17. The lowest BCUT2D eigenvalue weighted by atomic mass is 10.1. The number of hydrogen-bond donors (Lipinski definition) is 0. The quantitative estimate of drug-likeness (QED) is 0.404. The van der Waals surface area contributed by atoms with E-state index in [4.69, 9.17) is 0 Å². The maximum atomic E-state index is 9.86. The van der Waals surface area contributed by atoms with Gasteiger partial charge >= 0.3 is 0 Å². The van der Waals surface area contributed by atoms with Gasteiger partial charge in [0, 0.05) is 16.3 Å². The molecule has 2 heterocycles. The summed E-state index contributed by atoms with van der Waals surface area (Å²) in [6, 6.07) is 22.8. The lowest BCUT2D eigenvalue weighted by Crippen LogP contribution is -2.02. The normalized spacial score (nSPS) is 11.1. The van der Waals surface area contributed by atoms with E-state index in [1.54, 1.807) is 0 Å². The van der Waals surface area contributed by atoms with Crippen LogP contribution in [0.5, 0.6) is 0 Å². The van der Waals surface area contributed by atoms with Crippen LogP contribution in [0.15, 0.2) is 60.7 Å². The summed E-state index contributed by atoms with van der Waals surface area (Å²) in [6.45, 7) is 5.80. The summed E-state index contributed by atoms with van der Waals surface area (Å²) >= 11 is 0. The first-order valence-electron chi connectivity index (χ1n) is 9.79. The maximum absolute atomic E-state index is 9.86. The number of hydrogen-bond acceptors (Lipinski definition) is 4. The van der Waals surface area contributed by atoms with Crippen LogP contribution in [-0.4, -0.2) is 19.5 Å². The third-order valence-corrected chi connectivity index (χ3v) is 5.31. The monoisotopic (exact) mass is 389 g/mol. The molecule has 5 nitrogen and oxygen atoms in total. The Bertz CT molecular complexity index is 1470. The Labute approximate surface area is 174 Å². The highest BCUT2D eigenvalue weighted by atomic mass is 15.0. The van der Waals surface area contributed by atoms with Crippen molar-refractivity contribution in [1.82, 2.24) is 19.5 Å². The van der Waals surface area contributed by atoms with Crippen LogP contribution in [0.3, 0.4) is 0 Å². The minimum atomic E-state index is 0.602. The molecular formula is C25H19N5. The summed E-state index contributed by atoms with van der Waals surface area (Å²) in [5.41, 5.74) is 5.59. The van der Waals surface area contributed by atoms with E-state index in [0.717, 1.165) is 33.1 Å². The van der Waals surface area contributed by atoms with Crippen molar-refractivity contribution >= 4 is 21.8 Å². The summed E-state index contributed by atoms with van der Waals surface area (Å²) in [5.74, 6) is 1.97. The SMILES string of the molecule is Cc1ccc2c3ccccc3n(-c3cc(-c4nc(C)nc(C)n4)ccc3C#N)c2c1. The molecule has 0 N–H and O–H groups in total. The number of aryl methyl sites for hydroxylation is 3. The number of para-hydroxylation sites is 1. The van der Waals surface area contributed by atoms with Gasteiger partial charge in [0.15, 0.2) is 5.82 Å². The standard InChI is InChI=1S/C25H19N5/c1-15-8-11-21-20-6-4-5-7-22(20)30(24(21)12-15)23-13-18(9-10-19(23)14-26)25-28-16(2)27-17(3)29-25/h4-13H,1-3H3. The Hall–Kier alpha value is -4.04. The van der Waals surface area contributed by atoms with Crippen molar-refractivity contribution in [2.75, 3.05) is 0 Å². The molecule has 0 amide bonds. The van der Waals surface area contributed by atoms with Crippen molar-refractivity contribution in [3.05, 3.63) is 83.4 Å². The van der Waals surface area contributed by atoms with Crippen LogP contribution in [-0.2, 0) is 0 Å². The second-order valence-corrected chi connectivity index (χ2v) is 7.47. The molecule has 5 rings (SSSR count). The molecule has 0 saturated heterocycles. The van der Waals surface area contributed by atoms with Crippen LogP contribution in [0.4, 0.5) is 0 Å². The fraction of sp³-hybridized carbons (Fsp3) is 0.120. The Kier molecular flexibility index (Phi) is 4.07. The van der Waals surface area contributed by atoms with Gasteiger partial charge in [-0.25, -0.2) is 15.0 Å². The molecule has 0 radical (unpaired) electrons. The van der Waals surface area contributed by atoms with Gasteiger partial charge in [-0.05, 0) is 56.7 Å². The zero-order valence-corrected chi connectivity index (χ0v) is 17.0. The van der Waals surface area contributed by atoms with Gasteiger partial charge in [0.2, 0.25) is 0 Å². The van der Waals surface area contributed by atoms with Gasteiger partial charge in [0.1, 0.15) is 17.7 Å². The maximum Gasteiger partial charge on any atom is 0.163 e. The topological polar surface area (TPSA) is 67.4 Å². The Morgan fingerprint density at radius 2 is 1.50 bits per heavy atom. The Balaban J connectivity index is 1.87. The van der Waals surface area contributed by atoms with Gasteiger partial charge in [0.25, 0.3) is 0 Å². The lowest BCUT2D eigenvalue weighted by Gasteiger charge is -2.12. The van der Waals surface area contributed by atoms with Crippen molar-refractivity contribution in [3.8, 4) is 23.1 Å². The minimum absolute atomic E-state index is 0.602. The van der Waals surface area contributed by atoms with Crippen LogP contribution in [0.25, 0.3) is 38.9 Å². The molecule has 0 atom stereocenters. The van der Waals surface area contributed by atoms with Gasteiger partial charge in [-0.2, -0.15) is 5.26 Å². The average Bonchev–Trinajstić information content (AvgIpc) is 3.05. The zero-order chi connectivity index (χ0) is 20.8. The summed E-state index contributed by atoms with van der Waals surface area (Å²) in [4.78, 5) is 13.3. The van der Waals surface area contributed by atoms with E-state index in [9.17, 15) is 5.26 Å². The Morgan fingerprint density at radius 1 is 0.767 bits per heavy atom. The first kappa shape index (κ1) is 18.0. The van der Waals surface area contributed by atoms with E-state index in [2.05, 4.69) is 62.8 Å².